The van der Waals surface area contributed by atoms with Crippen molar-refractivity contribution in [3.05, 3.63) is 94.8 Å². The number of aryl methyl sites for hydroxylation is 3. The number of hydrogen-bond acceptors (Lipinski definition) is 4. The molecule has 1 aliphatic rings. The van der Waals surface area contributed by atoms with Crippen LogP contribution in [-0.2, 0) is 9.59 Å². The number of benzene rings is 2. The molecule has 3 aromatic rings. The van der Waals surface area contributed by atoms with Gasteiger partial charge < -0.3 is 9.30 Å². The van der Waals surface area contributed by atoms with E-state index in [1.807, 2.05) is 76.2 Å². The van der Waals surface area contributed by atoms with E-state index in [2.05, 4.69) is 16.5 Å². The first kappa shape index (κ1) is 24.2. The summed E-state index contributed by atoms with van der Waals surface area (Å²) in [6, 6.07) is 15.5. The van der Waals surface area contributed by atoms with Gasteiger partial charge in [-0.05, 0) is 99.1 Å². The number of nitrogens with one attached hydrogen (secondary N) is 1. The van der Waals surface area contributed by atoms with E-state index in [0.717, 1.165) is 39.5 Å². The summed E-state index contributed by atoms with van der Waals surface area (Å²) in [5, 5.41) is 2.75. The molecular formula is C28H27N3O3S. The predicted octanol–water partition coefficient (Wildman–Crippen LogP) is 5.11. The predicted molar refractivity (Wildman–Crippen MR) is 143 cm³/mol. The lowest BCUT2D eigenvalue weighted by atomic mass is 10.0. The highest BCUT2D eigenvalue weighted by molar-refractivity contribution is 7.80. The number of carbonyl (C=O) groups excluding carboxylic acids is 2. The molecule has 178 valence electrons. The van der Waals surface area contributed by atoms with E-state index in [4.69, 9.17) is 17.0 Å². The minimum Gasteiger partial charge on any atom is -0.490 e. The van der Waals surface area contributed by atoms with Gasteiger partial charge in [-0.15, -0.1) is 0 Å². The van der Waals surface area contributed by atoms with Gasteiger partial charge in [0, 0.05) is 17.1 Å². The van der Waals surface area contributed by atoms with Gasteiger partial charge in [-0.3, -0.25) is 19.8 Å². The molecule has 4 rings (SSSR count). The topological polar surface area (TPSA) is 63.6 Å². The van der Waals surface area contributed by atoms with Crippen molar-refractivity contribution < 1.29 is 14.3 Å². The summed E-state index contributed by atoms with van der Waals surface area (Å²) in [6.07, 6.45) is 3.34. The summed E-state index contributed by atoms with van der Waals surface area (Å²) in [5.74, 6) is -0.193. The lowest BCUT2D eigenvalue weighted by Gasteiger charge is -2.30. The van der Waals surface area contributed by atoms with Gasteiger partial charge in [-0.25, -0.2) is 0 Å². The Labute approximate surface area is 210 Å². The molecule has 1 aromatic heterocycles. The molecule has 1 fully saturated rings. The van der Waals surface area contributed by atoms with Gasteiger partial charge in [-0.2, -0.15) is 0 Å². The van der Waals surface area contributed by atoms with E-state index in [1.54, 1.807) is 12.2 Å². The molecule has 0 unspecified atom stereocenters. The number of carbonyl (C=O) groups is 2. The first-order valence-electron chi connectivity index (χ1n) is 11.2. The Morgan fingerprint density at radius 2 is 1.74 bits per heavy atom. The first-order chi connectivity index (χ1) is 16.7. The van der Waals surface area contributed by atoms with Crippen LogP contribution in [0.5, 0.6) is 5.75 Å². The van der Waals surface area contributed by atoms with Crippen LogP contribution in [0, 0.1) is 27.7 Å². The summed E-state index contributed by atoms with van der Waals surface area (Å²) < 4.78 is 7.64. The molecule has 1 saturated heterocycles. The highest BCUT2D eigenvalue weighted by Crippen LogP contribution is 2.28. The maximum Gasteiger partial charge on any atom is 0.270 e. The van der Waals surface area contributed by atoms with Crippen LogP contribution in [0.4, 0.5) is 5.69 Å². The molecule has 2 amide bonds. The fourth-order valence-electron chi connectivity index (χ4n) is 4.17. The van der Waals surface area contributed by atoms with Crippen LogP contribution in [-0.4, -0.2) is 28.1 Å². The fraction of sp³-hybridized carbons (Fsp3) is 0.179. The van der Waals surface area contributed by atoms with Crippen molar-refractivity contribution >= 4 is 40.9 Å². The van der Waals surface area contributed by atoms with Crippen LogP contribution in [0.15, 0.2) is 66.8 Å². The quantitative estimate of drug-likeness (QED) is 0.228. The van der Waals surface area contributed by atoms with Crippen molar-refractivity contribution in [2.24, 2.45) is 0 Å². The Morgan fingerprint density at radius 3 is 2.43 bits per heavy atom. The second-order valence-corrected chi connectivity index (χ2v) is 8.89. The molecule has 0 radical (unpaired) electrons. The first-order valence-corrected chi connectivity index (χ1v) is 11.6. The third-order valence-electron chi connectivity index (χ3n) is 5.94. The molecule has 35 heavy (non-hydrogen) atoms. The summed E-state index contributed by atoms with van der Waals surface area (Å²) in [7, 11) is 0. The standard InChI is InChI=1S/C28H27N3O3S/c1-6-13-34-23-11-9-22(10-12-23)30-19(4)15-21(20(30)5)16-24-26(32)29-28(35)31(27(24)33)25-14-17(2)7-8-18(25)3/h6-12,14-16H,1,13H2,2-5H3,(H,29,32,35)/b24-16+. The number of nitrogens with zero attached hydrogens (tertiary/aromatic N) is 2. The number of anilines is 1. The number of thiocarbonyl (C=S) groups is 1. The molecule has 7 heteroatoms. The van der Waals surface area contributed by atoms with E-state index in [9.17, 15) is 9.59 Å². The van der Waals surface area contributed by atoms with Crippen molar-refractivity contribution in [3.8, 4) is 11.4 Å². The summed E-state index contributed by atoms with van der Waals surface area (Å²) in [4.78, 5) is 27.7. The van der Waals surface area contributed by atoms with Crippen molar-refractivity contribution in [2.75, 3.05) is 11.5 Å². The van der Waals surface area contributed by atoms with Gasteiger partial charge in [0.1, 0.15) is 17.9 Å². The molecule has 0 spiro atoms. The van der Waals surface area contributed by atoms with Gasteiger partial charge in [0.05, 0.1) is 5.69 Å². The lowest BCUT2D eigenvalue weighted by molar-refractivity contribution is -0.122. The van der Waals surface area contributed by atoms with Crippen molar-refractivity contribution in [3.63, 3.8) is 0 Å². The maximum atomic E-state index is 13.5. The second kappa shape index (κ2) is 9.72. The van der Waals surface area contributed by atoms with Crippen molar-refractivity contribution in [1.29, 1.82) is 0 Å². The minimum absolute atomic E-state index is 0.0351. The molecule has 0 atom stereocenters. The molecule has 2 aromatic carbocycles. The van der Waals surface area contributed by atoms with Gasteiger partial charge in [0.2, 0.25) is 0 Å². The number of amides is 2. The van der Waals surface area contributed by atoms with Crippen LogP contribution in [0.1, 0.15) is 28.1 Å². The van der Waals surface area contributed by atoms with Gasteiger partial charge in [0.15, 0.2) is 5.11 Å². The molecule has 1 aliphatic heterocycles. The number of aromatic nitrogens is 1. The van der Waals surface area contributed by atoms with Crippen molar-refractivity contribution in [1.82, 2.24) is 9.88 Å². The number of hydrogen-bond donors (Lipinski definition) is 1. The Morgan fingerprint density at radius 1 is 1.03 bits per heavy atom. The van der Waals surface area contributed by atoms with Gasteiger partial charge in [-0.1, -0.05) is 24.8 Å². The molecule has 2 heterocycles. The Balaban J connectivity index is 1.71. The maximum absolute atomic E-state index is 13.5. The smallest absolute Gasteiger partial charge is 0.270 e. The Hall–Kier alpha value is -3.97. The summed E-state index contributed by atoms with van der Waals surface area (Å²) in [6.45, 7) is 11.9. The molecular weight excluding hydrogens is 458 g/mol. The fourth-order valence-corrected chi connectivity index (χ4v) is 4.44. The molecule has 0 bridgehead atoms. The van der Waals surface area contributed by atoms with E-state index in [1.165, 1.54) is 4.90 Å². The monoisotopic (exact) mass is 485 g/mol. The van der Waals surface area contributed by atoms with E-state index in [-0.39, 0.29) is 10.7 Å². The summed E-state index contributed by atoms with van der Waals surface area (Å²) >= 11 is 5.36. The zero-order valence-corrected chi connectivity index (χ0v) is 21.0. The Bertz CT molecular complexity index is 1380. The van der Waals surface area contributed by atoms with Gasteiger partial charge in [0.25, 0.3) is 11.8 Å². The lowest BCUT2D eigenvalue weighted by Crippen LogP contribution is -2.54. The van der Waals surface area contributed by atoms with E-state index < -0.39 is 11.8 Å². The second-order valence-electron chi connectivity index (χ2n) is 8.50. The molecule has 6 nitrogen and oxygen atoms in total. The zero-order valence-electron chi connectivity index (χ0n) is 20.2. The largest absolute Gasteiger partial charge is 0.490 e. The van der Waals surface area contributed by atoms with Crippen molar-refractivity contribution in [2.45, 2.75) is 27.7 Å². The summed E-state index contributed by atoms with van der Waals surface area (Å²) in [5.41, 5.74) is 6.19. The average molecular weight is 486 g/mol. The van der Waals surface area contributed by atoms with Crippen LogP contribution < -0.4 is 15.0 Å². The SMILES string of the molecule is C=CCOc1ccc(-n2c(C)cc(/C=C3\C(=O)NC(=S)N(c4cc(C)ccc4C)C3=O)c2C)cc1. The zero-order chi connectivity index (χ0) is 25.3. The van der Waals surface area contributed by atoms with Crippen LogP contribution in [0.3, 0.4) is 0 Å². The normalized spacial score (nSPS) is 14.9. The van der Waals surface area contributed by atoms with Crippen LogP contribution in [0.25, 0.3) is 11.8 Å². The highest BCUT2D eigenvalue weighted by atomic mass is 32.1. The molecule has 1 N–H and O–H groups in total. The van der Waals surface area contributed by atoms with Crippen LogP contribution >= 0.6 is 12.2 Å². The third-order valence-corrected chi connectivity index (χ3v) is 6.22. The Kier molecular flexibility index (Phi) is 6.71. The average Bonchev–Trinajstić information content (AvgIpc) is 3.10. The molecule has 0 aliphatic carbocycles. The number of ether oxygens (including phenoxy) is 1. The van der Waals surface area contributed by atoms with Crippen LogP contribution in [0.2, 0.25) is 0 Å². The van der Waals surface area contributed by atoms with E-state index >= 15 is 0 Å². The highest BCUT2D eigenvalue weighted by Gasteiger charge is 2.35. The molecule has 0 saturated carbocycles. The third kappa shape index (κ3) is 4.68. The number of rotatable bonds is 6. The van der Waals surface area contributed by atoms with E-state index in [0.29, 0.717) is 12.3 Å². The van der Waals surface area contributed by atoms with Gasteiger partial charge >= 0.3 is 0 Å². The minimum atomic E-state index is -0.505.